The lowest BCUT2D eigenvalue weighted by Crippen LogP contribution is -2.31. The smallest absolute Gasteiger partial charge is 0.121 e. The molecule has 1 heterocycles. The van der Waals surface area contributed by atoms with Gasteiger partial charge in [0.1, 0.15) is 11.9 Å². The van der Waals surface area contributed by atoms with Crippen LogP contribution in [0, 0.1) is 6.92 Å². The van der Waals surface area contributed by atoms with Crippen LogP contribution in [0.5, 0.6) is 5.75 Å². The number of aryl methyl sites for hydroxylation is 1. The van der Waals surface area contributed by atoms with Gasteiger partial charge in [0.25, 0.3) is 0 Å². The zero-order valence-electron chi connectivity index (χ0n) is 11.9. The van der Waals surface area contributed by atoms with E-state index in [1.807, 2.05) is 57.4 Å². The minimum atomic E-state index is -0.0389. The first-order chi connectivity index (χ1) is 9.60. The topological polar surface area (TPSA) is 34.2 Å². The molecule has 4 heteroatoms. The molecule has 0 fully saturated rings. The monoisotopic (exact) mass is 290 g/mol. The predicted octanol–water partition coefficient (Wildman–Crippen LogP) is 3.77. The molecule has 20 heavy (non-hydrogen) atoms. The Morgan fingerprint density at radius 1 is 1.25 bits per heavy atom. The summed E-state index contributed by atoms with van der Waals surface area (Å²) in [6, 6.07) is 11.6. The number of ether oxygens (including phenoxy) is 1. The molecule has 3 nitrogen and oxygen atoms in total. The molecule has 0 bridgehead atoms. The number of halogens is 1. The van der Waals surface area contributed by atoms with Crippen molar-refractivity contribution >= 4 is 11.6 Å². The minimum Gasteiger partial charge on any atom is -0.489 e. The van der Waals surface area contributed by atoms with Crippen LogP contribution in [0.3, 0.4) is 0 Å². The molecule has 2 unspecified atom stereocenters. The fourth-order valence-corrected chi connectivity index (χ4v) is 2.34. The highest BCUT2D eigenvalue weighted by Gasteiger charge is 2.19. The molecule has 0 radical (unpaired) electrons. The van der Waals surface area contributed by atoms with Gasteiger partial charge in [0.15, 0.2) is 0 Å². The summed E-state index contributed by atoms with van der Waals surface area (Å²) in [4.78, 5) is 4.33. The van der Waals surface area contributed by atoms with Crippen molar-refractivity contribution in [1.29, 1.82) is 0 Å². The molecule has 2 aromatic rings. The van der Waals surface area contributed by atoms with Crippen LogP contribution in [0.1, 0.15) is 24.2 Å². The molecule has 0 amide bonds. The third kappa shape index (κ3) is 3.71. The van der Waals surface area contributed by atoms with E-state index in [1.165, 1.54) is 0 Å². The Kier molecular flexibility index (Phi) is 4.99. The summed E-state index contributed by atoms with van der Waals surface area (Å²) in [5, 5.41) is 3.95. The predicted molar refractivity (Wildman–Crippen MR) is 82.3 cm³/mol. The molecule has 2 rings (SSSR count). The second kappa shape index (κ2) is 6.73. The summed E-state index contributed by atoms with van der Waals surface area (Å²) in [6.45, 7) is 4.01. The largest absolute Gasteiger partial charge is 0.489 e. The quantitative estimate of drug-likeness (QED) is 0.910. The number of benzene rings is 1. The summed E-state index contributed by atoms with van der Waals surface area (Å²) < 4.78 is 5.96. The lowest BCUT2D eigenvalue weighted by Gasteiger charge is -2.25. The van der Waals surface area contributed by atoms with E-state index in [2.05, 4.69) is 16.4 Å². The van der Waals surface area contributed by atoms with Crippen molar-refractivity contribution in [2.45, 2.75) is 26.0 Å². The molecule has 1 aromatic heterocycles. The summed E-state index contributed by atoms with van der Waals surface area (Å²) in [6.07, 6.45) is 1.84. The van der Waals surface area contributed by atoms with Gasteiger partial charge in [0, 0.05) is 16.9 Å². The van der Waals surface area contributed by atoms with Crippen LogP contribution in [-0.4, -0.2) is 18.1 Å². The van der Waals surface area contributed by atoms with Crippen molar-refractivity contribution in [2.75, 3.05) is 7.05 Å². The van der Waals surface area contributed by atoms with Gasteiger partial charge in [-0.2, -0.15) is 0 Å². The number of likely N-dealkylation sites (N-methyl/N-ethyl adjacent to an activating group) is 1. The highest BCUT2D eigenvalue weighted by Crippen LogP contribution is 2.23. The summed E-state index contributed by atoms with van der Waals surface area (Å²) >= 11 is 5.97. The van der Waals surface area contributed by atoms with Gasteiger partial charge in [0.2, 0.25) is 0 Å². The maximum absolute atomic E-state index is 5.97. The Morgan fingerprint density at radius 3 is 2.65 bits per heavy atom. The number of aromatic nitrogens is 1. The maximum atomic E-state index is 5.97. The van der Waals surface area contributed by atoms with Crippen molar-refractivity contribution in [1.82, 2.24) is 10.3 Å². The van der Waals surface area contributed by atoms with Crippen LogP contribution in [0.2, 0.25) is 5.02 Å². The average molecular weight is 291 g/mol. The van der Waals surface area contributed by atoms with E-state index in [0.717, 1.165) is 17.0 Å². The fraction of sp³-hybridized carbons (Fsp3) is 0.312. The summed E-state index contributed by atoms with van der Waals surface area (Å²) in [7, 11) is 1.92. The van der Waals surface area contributed by atoms with Gasteiger partial charge >= 0.3 is 0 Å². The lowest BCUT2D eigenvalue weighted by molar-refractivity contribution is 0.175. The van der Waals surface area contributed by atoms with Gasteiger partial charge in [-0.25, -0.2) is 0 Å². The summed E-state index contributed by atoms with van der Waals surface area (Å²) in [5.74, 6) is 0.769. The molecule has 2 atom stereocenters. The van der Waals surface area contributed by atoms with E-state index in [-0.39, 0.29) is 12.1 Å². The second-order valence-electron chi connectivity index (χ2n) is 4.78. The maximum Gasteiger partial charge on any atom is 0.121 e. The summed E-state index contributed by atoms with van der Waals surface area (Å²) in [5.41, 5.74) is 2.11. The van der Waals surface area contributed by atoms with Gasteiger partial charge in [0.05, 0.1) is 6.04 Å². The molecule has 0 saturated carbocycles. The second-order valence-corrected chi connectivity index (χ2v) is 5.22. The standard InChI is InChI=1S/C16H19ClN2O/c1-11-7-8-13(10-19-11)16(18-3)12(2)20-15-6-4-5-14(17)9-15/h4-10,12,16,18H,1-3H3. The zero-order valence-corrected chi connectivity index (χ0v) is 12.7. The van der Waals surface area contributed by atoms with Gasteiger partial charge in [-0.05, 0) is 50.7 Å². The van der Waals surface area contributed by atoms with Crippen molar-refractivity contribution in [3.05, 3.63) is 58.9 Å². The van der Waals surface area contributed by atoms with Crippen molar-refractivity contribution < 1.29 is 4.74 Å². The van der Waals surface area contributed by atoms with Crippen LogP contribution >= 0.6 is 11.6 Å². The van der Waals surface area contributed by atoms with Crippen LogP contribution in [0.15, 0.2) is 42.6 Å². The molecular weight excluding hydrogens is 272 g/mol. The Morgan fingerprint density at radius 2 is 2.05 bits per heavy atom. The van der Waals surface area contributed by atoms with Crippen LogP contribution in [0.4, 0.5) is 0 Å². The fourth-order valence-electron chi connectivity index (χ4n) is 2.16. The van der Waals surface area contributed by atoms with Crippen LogP contribution < -0.4 is 10.1 Å². The van der Waals surface area contributed by atoms with Gasteiger partial charge in [-0.15, -0.1) is 0 Å². The first-order valence-electron chi connectivity index (χ1n) is 6.62. The number of hydrogen-bond donors (Lipinski definition) is 1. The Hall–Kier alpha value is -1.58. The van der Waals surface area contributed by atoms with Crippen molar-refractivity contribution in [2.24, 2.45) is 0 Å². The highest BCUT2D eigenvalue weighted by molar-refractivity contribution is 6.30. The zero-order chi connectivity index (χ0) is 14.5. The van der Waals surface area contributed by atoms with E-state index in [0.29, 0.717) is 5.02 Å². The number of pyridine rings is 1. The van der Waals surface area contributed by atoms with Crippen LogP contribution in [0.25, 0.3) is 0 Å². The van der Waals surface area contributed by atoms with E-state index in [4.69, 9.17) is 16.3 Å². The normalized spacial score (nSPS) is 13.8. The van der Waals surface area contributed by atoms with Crippen molar-refractivity contribution in [3.8, 4) is 5.75 Å². The molecule has 0 saturated heterocycles. The van der Waals surface area contributed by atoms with Gasteiger partial charge in [-0.1, -0.05) is 23.7 Å². The van der Waals surface area contributed by atoms with Gasteiger partial charge in [-0.3, -0.25) is 4.98 Å². The third-order valence-electron chi connectivity index (χ3n) is 3.19. The molecule has 1 aromatic carbocycles. The molecule has 0 aliphatic carbocycles. The minimum absolute atomic E-state index is 0.0389. The molecule has 0 aliphatic rings. The van der Waals surface area contributed by atoms with E-state index in [1.54, 1.807) is 0 Å². The molecule has 0 spiro atoms. The van der Waals surface area contributed by atoms with E-state index in [9.17, 15) is 0 Å². The van der Waals surface area contributed by atoms with E-state index < -0.39 is 0 Å². The third-order valence-corrected chi connectivity index (χ3v) is 3.43. The number of nitrogens with one attached hydrogen (secondary N) is 1. The van der Waals surface area contributed by atoms with E-state index >= 15 is 0 Å². The number of rotatable bonds is 5. The van der Waals surface area contributed by atoms with Crippen molar-refractivity contribution in [3.63, 3.8) is 0 Å². The van der Waals surface area contributed by atoms with Gasteiger partial charge < -0.3 is 10.1 Å². The number of nitrogens with zero attached hydrogens (tertiary/aromatic N) is 1. The highest BCUT2D eigenvalue weighted by atomic mass is 35.5. The molecular formula is C16H19ClN2O. The first kappa shape index (κ1) is 14.8. The lowest BCUT2D eigenvalue weighted by atomic mass is 10.0. The average Bonchev–Trinajstić information content (AvgIpc) is 2.42. The molecule has 106 valence electrons. The molecule has 0 aliphatic heterocycles. The Labute approximate surface area is 124 Å². The Bertz CT molecular complexity index is 557. The Balaban J connectivity index is 2.13. The SMILES string of the molecule is CNC(c1ccc(C)nc1)C(C)Oc1cccc(Cl)c1. The van der Waals surface area contributed by atoms with Crippen LogP contribution in [-0.2, 0) is 0 Å². The number of hydrogen-bond acceptors (Lipinski definition) is 3. The first-order valence-corrected chi connectivity index (χ1v) is 7.00. The molecule has 1 N–H and O–H groups in total.